The summed E-state index contributed by atoms with van der Waals surface area (Å²) in [6, 6.07) is 1.99. The Balaban J connectivity index is 3.45. The summed E-state index contributed by atoms with van der Waals surface area (Å²) in [5.41, 5.74) is -1.59. The zero-order chi connectivity index (χ0) is 13.2. The van der Waals surface area contributed by atoms with E-state index in [1.165, 1.54) is 6.07 Å². The number of rotatable bonds is 3. The van der Waals surface area contributed by atoms with Crippen LogP contribution in [0.4, 0.5) is 13.2 Å². The number of benzene rings is 1. The monoisotopic (exact) mass is 266 g/mol. The highest BCUT2D eigenvalue weighted by atomic mass is 35.5. The van der Waals surface area contributed by atoms with E-state index in [1.807, 2.05) is 0 Å². The molecule has 0 radical (unpaired) electrons. The van der Waals surface area contributed by atoms with Crippen molar-refractivity contribution in [3.05, 3.63) is 28.3 Å². The van der Waals surface area contributed by atoms with Crippen molar-refractivity contribution >= 4 is 17.4 Å². The highest BCUT2D eigenvalue weighted by molar-refractivity contribution is 6.34. The Labute approximate surface area is 101 Å². The maximum absolute atomic E-state index is 12.7. The fourth-order valence-corrected chi connectivity index (χ4v) is 1.76. The van der Waals surface area contributed by atoms with Crippen LogP contribution in [0.2, 0.25) is 5.02 Å². The van der Waals surface area contributed by atoms with Crippen LogP contribution >= 0.6 is 11.6 Å². The molecule has 0 bridgehead atoms. The number of ether oxygens (including phenoxy) is 1. The van der Waals surface area contributed by atoms with Crippen molar-refractivity contribution in [3.63, 3.8) is 0 Å². The van der Waals surface area contributed by atoms with Crippen LogP contribution in [-0.4, -0.2) is 12.4 Å². The van der Waals surface area contributed by atoms with Gasteiger partial charge in [-0.05, 0) is 26.0 Å². The molecule has 0 spiro atoms. The number of hydrogen-bond donors (Lipinski definition) is 0. The minimum absolute atomic E-state index is 0.00479. The van der Waals surface area contributed by atoms with Gasteiger partial charge in [0.1, 0.15) is 5.75 Å². The molecule has 1 rings (SSSR count). The largest absolute Gasteiger partial charge is 0.494 e. The Hall–Kier alpha value is -1.23. The summed E-state index contributed by atoms with van der Waals surface area (Å²) in [6.45, 7) is 2.89. The molecule has 0 atom stereocenters. The predicted octanol–water partition coefficient (Wildman–Crippen LogP) is 3.96. The Bertz CT molecular complexity index is 441. The molecule has 0 aliphatic heterocycles. The smallest absolute Gasteiger partial charge is 0.417 e. The number of alkyl halides is 3. The van der Waals surface area contributed by atoms with Crippen molar-refractivity contribution in [2.75, 3.05) is 6.61 Å². The van der Waals surface area contributed by atoms with E-state index in [-0.39, 0.29) is 17.4 Å². The topological polar surface area (TPSA) is 26.3 Å². The average Bonchev–Trinajstić information content (AvgIpc) is 2.15. The first-order chi connectivity index (χ1) is 7.77. The van der Waals surface area contributed by atoms with Gasteiger partial charge >= 0.3 is 6.18 Å². The zero-order valence-electron chi connectivity index (χ0n) is 9.19. The number of carbonyl (C=O) groups excluding carboxylic acids is 1. The van der Waals surface area contributed by atoms with E-state index >= 15 is 0 Å². The second kappa shape index (κ2) is 4.96. The normalized spacial score (nSPS) is 11.4. The molecule has 0 heterocycles. The molecule has 17 heavy (non-hydrogen) atoms. The molecule has 94 valence electrons. The van der Waals surface area contributed by atoms with Crippen LogP contribution in [0, 0.1) is 0 Å². The third kappa shape index (κ3) is 3.12. The quantitative estimate of drug-likeness (QED) is 0.774. The van der Waals surface area contributed by atoms with Crippen molar-refractivity contribution in [1.29, 1.82) is 0 Å². The average molecular weight is 267 g/mol. The third-order valence-electron chi connectivity index (χ3n) is 2.03. The van der Waals surface area contributed by atoms with Crippen molar-refractivity contribution in [2.24, 2.45) is 0 Å². The molecular formula is C11H10ClF3O2. The highest BCUT2D eigenvalue weighted by Gasteiger charge is 2.36. The SMILES string of the molecule is CCOc1cc(Cl)c(C(C)=O)c(C(F)(F)F)c1. The van der Waals surface area contributed by atoms with Crippen molar-refractivity contribution in [2.45, 2.75) is 20.0 Å². The molecule has 2 nitrogen and oxygen atoms in total. The molecule has 0 amide bonds. The minimum Gasteiger partial charge on any atom is -0.494 e. The second-order valence-electron chi connectivity index (χ2n) is 3.31. The van der Waals surface area contributed by atoms with E-state index in [4.69, 9.17) is 16.3 Å². The van der Waals surface area contributed by atoms with Crippen LogP contribution in [0.15, 0.2) is 12.1 Å². The van der Waals surface area contributed by atoms with E-state index in [2.05, 4.69) is 0 Å². The minimum atomic E-state index is -4.64. The molecule has 0 fully saturated rings. The molecule has 0 aromatic heterocycles. The van der Waals surface area contributed by atoms with Gasteiger partial charge in [0.05, 0.1) is 17.2 Å². The standard InChI is InChI=1S/C11H10ClF3O2/c1-3-17-7-4-8(11(13,14)15)10(6(2)16)9(12)5-7/h4-5H,3H2,1-2H3. The Morgan fingerprint density at radius 2 is 2.00 bits per heavy atom. The highest BCUT2D eigenvalue weighted by Crippen LogP contribution is 2.38. The van der Waals surface area contributed by atoms with Crippen molar-refractivity contribution in [1.82, 2.24) is 0 Å². The first-order valence-electron chi connectivity index (χ1n) is 4.81. The lowest BCUT2D eigenvalue weighted by Gasteiger charge is -2.14. The van der Waals surface area contributed by atoms with Gasteiger partial charge in [0, 0.05) is 5.56 Å². The van der Waals surface area contributed by atoms with Crippen LogP contribution in [-0.2, 0) is 6.18 Å². The van der Waals surface area contributed by atoms with Gasteiger partial charge in [-0.25, -0.2) is 0 Å². The van der Waals surface area contributed by atoms with E-state index in [9.17, 15) is 18.0 Å². The van der Waals surface area contributed by atoms with Crippen LogP contribution < -0.4 is 4.74 Å². The number of carbonyl (C=O) groups is 1. The van der Waals surface area contributed by atoms with E-state index < -0.39 is 23.1 Å². The van der Waals surface area contributed by atoms with Crippen LogP contribution in [0.25, 0.3) is 0 Å². The van der Waals surface area contributed by atoms with Gasteiger partial charge < -0.3 is 4.74 Å². The summed E-state index contributed by atoms with van der Waals surface area (Å²) < 4.78 is 43.2. The molecule has 0 aliphatic carbocycles. The number of halogens is 4. The summed E-state index contributed by atoms with van der Waals surface area (Å²) in [5, 5.41) is -0.254. The van der Waals surface area contributed by atoms with Crippen LogP contribution in [0.1, 0.15) is 29.8 Å². The maximum Gasteiger partial charge on any atom is 0.417 e. The molecule has 0 unspecified atom stereocenters. The van der Waals surface area contributed by atoms with Gasteiger partial charge in [0.15, 0.2) is 5.78 Å². The van der Waals surface area contributed by atoms with Gasteiger partial charge in [-0.2, -0.15) is 13.2 Å². The molecule has 0 saturated heterocycles. The van der Waals surface area contributed by atoms with E-state index in [1.54, 1.807) is 6.92 Å². The molecule has 0 N–H and O–H groups in total. The lowest BCUT2D eigenvalue weighted by Crippen LogP contribution is -2.13. The van der Waals surface area contributed by atoms with E-state index in [0.29, 0.717) is 0 Å². The third-order valence-corrected chi connectivity index (χ3v) is 2.33. The second-order valence-corrected chi connectivity index (χ2v) is 3.72. The summed E-state index contributed by atoms with van der Waals surface area (Å²) >= 11 is 5.67. The lowest BCUT2D eigenvalue weighted by atomic mass is 10.0. The lowest BCUT2D eigenvalue weighted by molar-refractivity contribution is -0.138. The van der Waals surface area contributed by atoms with Crippen LogP contribution in [0.3, 0.4) is 0 Å². The maximum atomic E-state index is 12.7. The number of ketones is 1. The van der Waals surface area contributed by atoms with E-state index in [0.717, 1.165) is 13.0 Å². The van der Waals surface area contributed by atoms with Gasteiger partial charge in [-0.3, -0.25) is 4.79 Å². The van der Waals surface area contributed by atoms with Gasteiger partial charge in [-0.1, -0.05) is 11.6 Å². The molecule has 1 aromatic rings. The fraction of sp³-hybridized carbons (Fsp3) is 0.364. The summed E-state index contributed by atoms with van der Waals surface area (Å²) in [5.74, 6) is -0.736. The number of hydrogen-bond acceptors (Lipinski definition) is 2. The fourth-order valence-electron chi connectivity index (χ4n) is 1.41. The zero-order valence-corrected chi connectivity index (χ0v) is 9.95. The Morgan fingerprint density at radius 1 is 1.41 bits per heavy atom. The first-order valence-corrected chi connectivity index (χ1v) is 5.19. The van der Waals surface area contributed by atoms with Crippen molar-refractivity contribution < 1.29 is 22.7 Å². The van der Waals surface area contributed by atoms with Gasteiger partial charge in [-0.15, -0.1) is 0 Å². The first kappa shape index (κ1) is 13.8. The summed E-state index contributed by atoms with van der Waals surface area (Å²) in [7, 11) is 0. The van der Waals surface area contributed by atoms with Gasteiger partial charge in [0.25, 0.3) is 0 Å². The summed E-state index contributed by atoms with van der Waals surface area (Å²) in [6.07, 6.45) is -4.64. The molecule has 1 aromatic carbocycles. The summed E-state index contributed by atoms with van der Waals surface area (Å²) in [4.78, 5) is 11.2. The predicted molar refractivity (Wildman–Crippen MR) is 57.6 cm³/mol. The molecule has 0 aliphatic rings. The van der Waals surface area contributed by atoms with Crippen LogP contribution in [0.5, 0.6) is 5.75 Å². The Morgan fingerprint density at radius 3 is 2.41 bits per heavy atom. The number of Topliss-reactive ketones (excluding diaryl/α,β-unsaturated/α-hetero) is 1. The molecule has 6 heteroatoms. The van der Waals surface area contributed by atoms with Gasteiger partial charge in [0.2, 0.25) is 0 Å². The Kier molecular flexibility index (Phi) is 4.03. The molecular weight excluding hydrogens is 257 g/mol. The van der Waals surface area contributed by atoms with Crippen molar-refractivity contribution in [3.8, 4) is 5.75 Å². The molecule has 0 saturated carbocycles.